The van der Waals surface area contributed by atoms with Crippen LogP contribution in [0.1, 0.15) is 38.2 Å². The maximum absolute atomic E-state index is 13.3. The van der Waals surface area contributed by atoms with E-state index in [1.807, 2.05) is 0 Å². The lowest BCUT2D eigenvalue weighted by Gasteiger charge is -2.05. The second kappa shape index (κ2) is 7.82. The Hall–Kier alpha value is -1.38. The summed E-state index contributed by atoms with van der Waals surface area (Å²) in [7, 11) is 0. The van der Waals surface area contributed by atoms with E-state index in [4.69, 9.17) is 0 Å². The zero-order chi connectivity index (χ0) is 12.5. The first-order valence-electron chi connectivity index (χ1n) is 6.24. The molecule has 3 heteroatoms. The molecule has 0 aliphatic heterocycles. The van der Waals surface area contributed by atoms with E-state index < -0.39 is 0 Å². The molecule has 0 fully saturated rings. The summed E-state index contributed by atoms with van der Waals surface area (Å²) in [5.41, 5.74) is 0.457. The first-order valence-corrected chi connectivity index (χ1v) is 6.24. The van der Waals surface area contributed by atoms with Gasteiger partial charge < -0.3 is 5.32 Å². The molecule has 1 aromatic carbocycles. The second-order valence-corrected chi connectivity index (χ2v) is 4.18. The number of rotatable bonds is 7. The second-order valence-electron chi connectivity index (χ2n) is 4.18. The number of halogens is 1. The number of amides is 1. The van der Waals surface area contributed by atoms with Crippen molar-refractivity contribution in [3.05, 3.63) is 35.6 Å². The van der Waals surface area contributed by atoms with E-state index in [0.29, 0.717) is 12.1 Å². The zero-order valence-corrected chi connectivity index (χ0v) is 10.3. The molecule has 0 saturated heterocycles. The van der Waals surface area contributed by atoms with E-state index in [2.05, 4.69) is 12.2 Å². The summed E-state index contributed by atoms with van der Waals surface area (Å²) in [6.45, 7) is 2.84. The molecule has 0 radical (unpaired) electrons. The largest absolute Gasteiger partial charge is 0.356 e. The minimum absolute atomic E-state index is 0.105. The monoisotopic (exact) mass is 237 g/mol. The molecule has 0 spiro atoms. The van der Waals surface area contributed by atoms with Crippen molar-refractivity contribution < 1.29 is 9.18 Å². The molecule has 1 N–H and O–H groups in total. The summed E-state index contributed by atoms with van der Waals surface area (Å²) >= 11 is 0. The molecule has 17 heavy (non-hydrogen) atoms. The predicted molar refractivity (Wildman–Crippen MR) is 67.3 cm³/mol. The molecule has 0 unspecified atom stereocenters. The lowest BCUT2D eigenvalue weighted by Crippen LogP contribution is -2.26. The molecule has 0 heterocycles. The van der Waals surface area contributed by atoms with Gasteiger partial charge >= 0.3 is 0 Å². The van der Waals surface area contributed by atoms with Crippen molar-refractivity contribution in [2.45, 2.75) is 39.0 Å². The third-order valence-electron chi connectivity index (χ3n) is 2.66. The summed E-state index contributed by atoms with van der Waals surface area (Å²) < 4.78 is 13.3. The van der Waals surface area contributed by atoms with Gasteiger partial charge in [0.1, 0.15) is 5.82 Å². The van der Waals surface area contributed by atoms with Gasteiger partial charge in [0.25, 0.3) is 0 Å². The van der Waals surface area contributed by atoms with E-state index in [1.54, 1.807) is 18.2 Å². The van der Waals surface area contributed by atoms with Gasteiger partial charge in [-0.05, 0) is 18.1 Å². The smallest absolute Gasteiger partial charge is 0.224 e. The molecule has 94 valence electrons. The number of carbonyl (C=O) groups excluding carboxylic acids is 1. The molecule has 0 aliphatic rings. The van der Waals surface area contributed by atoms with Crippen LogP contribution in [0.2, 0.25) is 0 Å². The normalized spacial score (nSPS) is 10.2. The molecular formula is C14H20FNO. The van der Waals surface area contributed by atoms with Gasteiger partial charge in [-0.2, -0.15) is 0 Å². The summed E-state index contributed by atoms with van der Waals surface area (Å²) in [5, 5.41) is 2.81. The van der Waals surface area contributed by atoms with Crippen LogP contribution in [0.15, 0.2) is 24.3 Å². The van der Waals surface area contributed by atoms with E-state index in [9.17, 15) is 9.18 Å². The van der Waals surface area contributed by atoms with Crippen LogP contribution in [0.4, 0.5) is 4.39 Å². The van der Waals surface area contributed by atoms with Crippen molar-refractivity contribution in [1.29, 1.82) is 0 Å². The highest BCUT2D eigenvalue weighted by atomic mass is 19.1. The van der Waals surface area contributed by atoms with E-state index in [0.717, 1.165) is 12.8 Å². The van der Waals surface area contributed by atoms with Gasteiger partial charge in [-0.25, -0.2) is 4.39 Å². The first kappa shape index (κ1) is 13.7. The van der Waals surface area contributed by atoms with Gasteiger partial charge in [0, 0.05) is 6.54 Å². The Balaban J connectivity index is 2.23. The highest BCUT2D eigenvalue weighted by Gasteiger charge is 2.06. The Kier molecular flexibility index (Phi) is 6.30. The average molecular weight is 237 g/mol. The zero-order valence-electron chi connectivity index (χ0n) is 10.3. The maximum Gasteiger partial charge on any atom is 0.224 e. The average Bonchev–Trinajstić information content (AvgIpc) is 2.32. The minimum Gasteiger partial charge on any atom is -0.356 e. The topological polar surface area (TPSA) is 29.1 Å². The van der Waals surface area contributed by atoms with Crippen molar-refractivity contribution in [3.63, 3.8) is 0 Å². The summed E-state index contributed by atoms with van der Waals surface area (Å²) in [6.07, 6.45) is 4.64. The fourth-order valence-corrected chi connectivity index (χ4v) is 1.66. The van der Waals surface area contributed by atoms with Crippen molar-refractivity contribution in [2.24, 2.45) is 0 Å². The number of unbranched alkanes of at least 4 members (excludes halogenated alkanes) is 3. The highest BCUT2D eigenvalue weighted by molar-refractivity contribution is 5.78. The Morgan fingerprint density at radius 3 is 2.71 bits per heavy atom. The van der Waals surface area contributed by atoms with Crippen LogP contribution in [0, 0.1) is 5.82 Å². The third-order valence-corrected chi connectivity index (χ3v) is 2.66. The number of nitrogens with one attached hydrogen (secondary N) is 1. The number of carbonyl (C=O) groups is 1. The van der Waals surface area contributed by atoms with Crippen LogP contribution in [0.3, 0.4) is 0 Å². The maximum atomic E-state index is 13.3. The summed E-state index contributed by atoms with van der Waals surface area (Å²) in [4.78, 5) is 11.5. The van der Waals surface area contributed by atoms with Crippen molar-refractivity contribution in [2.75, 3.05) is 6.54 Å². The molecule has 0 aromatic heterocycles. The molecule has 0 bridgehead atoms. The number of hydrogen-bond donors (Lipinski definition) is 1. The van der Waals surface area contributed by atoms with Crippen molar-refractivity contribution in [1.82, 2.24) is 5.32 Å². The Morgan fingerprint density at radius 1 is 1.24 bits per heavy atom. The molecule has 1 rings (SSSR count). The first-order chi connectivity index (χ1) is 8.24. The standard InChI is InChI=1S/C14H20FNO/c1-2-3-4-7-10-16-14(17)11-12-8-5-6-9-13(12)15/h5-6,8-9H,2-4,7,10-11H2,1H3,(H,16,17). The number of hydrogen-bond acceptors (Lipinski definition) is 1. The van der Waals surface area contributed by atoms with Crippen LogP contribution >= 0.6 is 0 Å². The fraction of sp³-hybridized carbons (Fsp3) is 0.500. The lowest BCUT2D eigenvalue weighted by atomic mass is 10.1. The quantitative estimate of drug-likeness (QED) is 0.725. The highest BCUT2D eigenvalue weighted by Crippen LogP contribution is 2.06. The minimum atomic E-state index is -0.311. The van der Waals surface area contributed by atoms with Crippen LogP contribution in [-0.2, 0) is 11.2 Å². The van der Waals surface area contributed by atoms with Crippen LogP contribution in [0.25, 0.3) is 0 Å². The molecular weight excluding hydrogens is 217 g/mol. The molecule has 1 amide bonds. The van der Waals surface area contributed by atoms with E-state index >= 15 is 0 Å². The van der Waals surface area contributed by atoms with Gasteiger partial charge in [0.05, 0.1) is 6.42 Å². The molecule has 1 aromatic rings. The molecule has 0 saturated carbocycles. The Bertz CT molecular complexity index is 352. The third kappa shape index (κ3) is 5.48. The van der Waals surface area contributed by atoms with E-state index in [-0.39, 0.29) is 18.1 Å². The SMILES string of the molecule is CCCCCCNC(=O)Cc1ccccc1F. The molecule has 0 atom stereocenters. The Morgan fingerprint density at radius 2 is 2.00 bits per heavy atom. The molecule has 0 aliphatic carbocycles. The van der Waals surface area contributed by atoms with Gasteiger partial charge in [-0.1, -0.05) is 44.4 Å². The fourth-order valence-electron chi connectivity index (χ4n) is 1.66. The van der Waals surface area contributed by atoms with Crippen molar-refractivity contribution >= 4 is 5.91 Å². The van der Waals surface area contributed by atoms with Crippen molar-refractivity contribution in [3.8, 4) is 0 Å². The Labute approximate surface area is 102 Å². The number of benzene rings is 1. The van der Waals surface area contributed by atoms with Gasteiger partial charge in [0.2, 0.25) is 5.91 Å². The lowest BCUT2D eigenvalue weighted by molar-refractivity contribution is -0.120. The van der Waals surface area contributed by atoms with Gasteiger partial charge in [-0.3, -0.25) is 4.79 Å². The van der Waals surface area contributed by atoms with Crippen LogP contribution in [0.5, 0.6) is 0 Å². The summed E-state index contributed by atoms with van der Waals surface area (Å²) in [5.74, 6) is -0.416. The predicted octanol–water partition coefficient (Wildman–Crippen LogP) is 3.06. The van der Waals surface area contributed by atoms with Crippen LogP contribution < -0.4 is 5.32 Å². The summed E-state index contributed by atoms with van der Waals surface area (Å²) in [6, 6.07) is 6.39. The van der Waals surface area contributed by atoms with Crippen LogP contribution in [-0.4, -0.2) is 12.5 Å². The molecule has 2 nitrogen and oxygen atoms in total. The van der Waals surface area contributed by atoms with Gasteiger partial charge in [-0.15, -0.1) is 0 Å². The van der Waals surface area contributed by atoms with Gasteiger partial charge in [0.15, 0.2) is 0 Å². The van der Waals surface area contributed by atoms with E-state index in [1.165, 1.54) is 18.9 Å².